The Bertz CT molecular complexity index is 1200. The highest BCUT2D eigenvalue weighted by Crippen LogP contribution is 2.36. The molecule has 3 amide bonds. The van der Waals surface area contributed by atoms with Crippen molar-refractivity contribution in [2.75, 3.05) is 29.9 Å². The molecule has 0 spiro atoms. The monoisotopic (exact) mass is 471 g/mol. The maximum atomic E-state index is 13.4. The highest BCUT2D eigenvalue weighted by Gasteiger charge is 2.30. The second-order valence-corrected chi connectivity index (χ2v) is 8.21. The van der Waals surface area contributed by atoms with Gasteiger partial charge in [-0.1, -0.05) is 42.5 Å². The molecular weight excluding hydrogens is 442 g/mol. The van der Waals surface area contributed by atoms with Crippen LogP contribution in [0.5, 0.6) is 0 Å². The maximum Gasteiger partial charge on any atom is 0.257 e. The van der Waals surface area contributed by atoms with E-state index in [9.17, 15) is 14.4 Å². The molecular formula is C27H29N5O3. The van der Waals surface area contributed by atoms with Gasteiger partial charge in [-0.15, -0.1) is 0 Å². The van der Waals surface area contributed by atoms with Crippen LogP contribution in [0.1, 0.15) is 35.7 Å². The Morgan fingerprint density at radius 1 is 1.00 bits per heavy atom. The van der Waals surface area contributed by atoms with Gasteiger partial charge in [-0.05, 0) is 36.8 Å². The summed E-state index contributed by atoms with van der Waals surface area (Å²) in [6, 6.07) is 20.4. The molecule has 8 nitrogen and oxygen atoms in total. The minimum atomic E-state index is -0.304. The first-order valence-corrected chi connectivity index (χ1v) is 11.8. The second kappa shape index (κ2) is 11.4. The second-order valence-electron chi connectivity index (χ2n) is 8.21. The normalized spacial score (nSPS) is 12.3. The molecule has 2 N–H and O–H groups in total. The van der Waals surface area contributed by atoms with Gasteiger partial charge in [0.05, 0.1) is 16.9 Å². The molecule has 0 radical (unpaired) electrons. The quantitative estimate of drug-likeness (QED) is 0.464. The third-order valence-electron chi connectivity index (χ3n) is 5.90. The minimum Gasteiger partial charge on any atom is -0.342 e. The fourth-order valence-electron chi connectivity index (χ4n) is 4.08. The molecule has 8 heteroatoms. The molecule has 0 bridgehead atoms. The van der Waals surface area contributed by atoms with Gasteiger partial charge in [-0.2, -0.15) is 0 Å². The van der Waals surface area contributed by atoms with Gasteiger partial charge in [-0.25, -0.2) is 4.98 Å². The predicted octanol–water partition coefficient (Wildman–Crippen LogP) is 3.73. The van der Waals surface area contributed by atoms with E-state index in [1.807, 2.05) is 25.1 Å². The number of nitrogens with one attached hydrogen (secondary N) is 2. The van der Waals surface area contributed by atoms with Crippen molar-refractivity contribution in [2.24, 2.45) is 0 Å². The Labute approximate surface area is 205 Å². The molecule has 1 aliphatic heterocycles. The summed E-state index contributed by atoms with van der Waals surface area (Å²) in [7, 11) is 0. The van der Waals surface area contributed by atoms with Crippen LogP contribution in [0, 0.1) is 0 Å². The number of carbonyl (C=O) groups excluding carboxylic acids is 3. The number of nitrogens with zero attached hydrogens (tertiary/aromatic N) is 3. The number of rotatable bonds is 9. The lowest BCUT2D eigenvalue weighted by Crippen LogP contribution is -2.37. The van der Waals surface area contributed by atoms with Gasteiger partial charge < -0.3 is 15.5 Å². The molecule has 0 aliphatic carbocycles. The molecule has 180 valence electrons. The summed E-state index contributed by atoms with van der Waals surface area (Å²) in [6.07, 6.45) is 1.66. The van der Waals surface area contributed by atoms with Crippen LogP contribution in [0.3, 0.4) is 0 Å². The number of hydrogen-bond acceptors (Lipinski definition) is 5. The predicted molar refractivity (Wildman–Crippen MR) is 135 cm³/mol. The Hall–Kier alpha value is -4.04. The van der Waals surface area contributed by atoms with Gasteiger partial charge in [0.2, 0.25) is 11.8 Å². The lowest BCUT2D eigenvalue weighted by Gasteiger charge is -2.24. The van der Waals surface area contributed by atoms with Gasteiger partial charge in [0.15, 0.2) is 5.82 Å². The zero-order valence-electron chi connectivity index (χ0n) is 19.7. The van der Waals surface area contributed by atoms with Crippen LogP contribution in [-0.4, -0.2) is 47.2 Å². The number of benzene rings is 2. The van der Waals surface area contributed by atoms with E-state index >= 15 is 0 Å². The Balaban J connectivity index is 1.39. The van der Waals surface area contributed by atoms with E-state index in [1.165, 1.54) is 10.5 Å². The first kappa shape index (κ1) is 24.1. The smallest absolute Gasteiger partial charge is 0.257 e. The van der Waals surface area contributed by atoms with E-state index in [0.29, 0.717) is 42.4 Å². The number of anilines is 3. The summed E-state index contributed by atoms with van der Waals surface area (Å²) < 4.78 is 0. The van der Waals surface area contributed by atoms with Crippen LogP contribution in [0.25, 0.3) is 0 Å². The van der Waals surface area contributed by atoms with E-state index in [4.69, 9.17) is 0 Å². The average Bonchev–Trinajstić information content (AvgIpc) is 3.01. The van der Waals surface area contributed by atoms with Crippen LogP contribution in [-0.2, 0) is 16.1 Å². The maximum absolute atomic E-state index is 13.4. The van der Waals surface area contributed by atoms with Crippen LogP contribution in [0.2, 0.25) is 0 Å². The van der Waals surface area contributed by atoms with E-state index in [-0.39, 0.29) is 30.6 Å². The molecule has 0 fully saturated rings. The van der Waals surface area contributed by atoms with Gasteiger partial charge in [0, 0.05) is 45.2 Å². The summed E-state index contributed by atoms with van der Waals surface area (Å²) in [5, 5.41) is 6.17. The molecule has 4 rings (SSSR count). The van der Waals surface area contributed by atoms with Crippen LogP contribution in [0.4, 0.5) is 17.2 Å². The van der Waals surface area contributed by atoms with Crippen molar-refractivity contribution in [3.05, 3.63) is 84.1 Å². The average molecular weight is 472 g/mol. The number of aromatic nitrogens is 1. The minimum absolute atomic E-state index is 0.00527. The summed E-state index contributed by atoms with van der Waals surface area (Å²) in [5.41, 5.74) is 2.47. The molecule has 2 aromatic carbocycles. The zero-order valence-corrected chi connectivity index (χ0v) is 19.7. The molecule has 1 aromatic heterocycles. The molecule has 3 aromatic rings. The summed E-state index contributed by atoms with van der Waals surface area (Å²) in [6.45, 7) is 4.45. The van der Waals surface area contributed by atoms with Crippen LogP contribution < -0.4 is 15.5 Å². The van der Waals surface area contributed by atoms with Crippen molar-refractivity contribution in [3.8, 4) is 0 Å². The fourth-order valence-corrected chi connectivity index (χ4v) is 4.08. The van der Waals surface area contributed by atoms with E-state index in [2.05, 4.69) is 27.8 Å². The third-order valence-corrected chi connectivity index (χ3v) is 5.90. The van der Waals surface area contributed by atoms with E-state index < -0.39 is 0 Å². The Kier molecular flexibility index (Phi) is 7.84. The number of fused-ring (bicyclic) bond motifs is 2. The summed E-state index contributed by atoms with van der Waals surface area (Å²) in [5.74, 6) is -0.330. The van der Waals surface area contributed by atoms with Gasteiger partial charge in [0.25, 0.3) is 5.91 Å². The van der Waals surface area contributed by atoms with Crippen LogP contribution in [0.15, 0.2) is 72.9 Å². The molecule has 0 atom stereocenters. The third kappa shape index (κ3) is 5.73. The number of hydrogen-bond donors (Lipinski definition) is 2. The van der Waals surface area contributed by atoms with Crippen LogP contribution >= 0.6 is 0 Å². The van der Waals surface area contributed by atoms with Crippen molar-refractivity contribution in [3.63, 3.8) is 0 Å². The molecule has 1 aliphatic rings. The standard InChI is InChI=1S/C27H29N5O3/c1-2-31(18-17-28-19-20-9-4-3-5-10-20)24(33)14-15-25(34)32-23-13-7-6-11-21(23)27(35)30-22-12-8-16-29-26(22)32/h3-13,16,28H,2,14-15,17-19H2,1H3,(H,30,35). The lowest BCUT2D eigenvalue weighted by molar-refractivity contribution is -0.132. The fraction of sp³-hybridized carbons (Fsp3) is 0.259. The van der Waals surface area contributed by atoms with Crippen molar-refractivity contribution < 1.29 is 14.4 Å². The number of pyridine rings is 1. The summed E-state index contributed by atoms with van der Waals surface area (Å²) in [4.78, 5) is 46.5. The molecule has 35 heavy (non-hydrogen) atoms. The number of carbonyl (C=O) groups is 3. The van der Waals surface area contributed by atoms with E-state index in [1.54, 1.807) is 47.5 Å². The van der Waals surface area contributed by atoms with Crippen molar-refractivity contribution in [1.29, 1.82) is 0 Å². The highest BCUT2D eigenvalue weighted by molar-refractivity contribution is 6.17. The van der Waals surface area contributed by atoms with Crippen molar-refractivity contribution in [1.82, 2.24) is 15.2 Å². The number of para-hydroxylation sites is 1. The summed E-state index contributed by atoms with van der Waals surface area (Å²) >= 11 is 0. The first-order chi connectivity index (χ1) is 17.1. The largest absolute Gasteiger partial charge is 0.342 e. The molecule has 2 heterocycles. The SMILES string of the molecule is CCN(CCNCc1ccccc1)C(=O)CCC(=O)N1c2ccccc2C(=O)Nc2cccnc21. The number of amides is 3. The van der Waals surface area contributed by atoms with E-state index in [0.717, 1.165) is 6.54 Å². The number of likely N-dealkylation sites (N-methyl/N-ethyl adjacent to an activating group) is 1. The van der Waals surface area contributed by atoms with Gasteiger partial charge >= 0.3 is 0 Å². The zero-order chi connectivity index (χ0) is 24.6. The molecule has 0 unspecified atom stereocenters. The molecule has 0 saturated carbocycles. The Morgan fingerprint density at radius 2 is 1.77 bits per heavy atom. The van der Waals surface area contributed by atoms with Gasteiger partial charge in [-0.3, -0.25) is 19.3 Å². The highest BCUT2D eigenvalue weighted by atomic mass is 16.2. The Morgan fingerprint density at radius 3 is 2.57 bits per heavy atom. The topological polar surface area (TPSA) is 94.6 Å². The first-order valence-electron chi connectivity index (χ1n) is 11.8. The van der Waals surface area contributed by atoms with Crippen molar-refractivity contribution in [2.45, 2.75) is 26.3 Å². The lowest BCUT2D eigenvalue weighted by atomic mass is 10.1. The van der Waals surface area contributed by atoms with Gasteiger partial charge in [0.1, 0.15) is 0 Å². The molecule has 0 saturated heterocycles. The van der Waals surface area contributed by atoms with Crippen molar-refractivity contribution >= 4 is 34.9 Å².